The maximum absolute atomic E-state index is 11.9. The molecule has 0 aliphatic carbocycles. The Hall–Kier alpha value is -1.59. The van der Waals surface area contributed by atoms with Gasteiger partial charge in [0.15, 0.2) is 0 Å². The van der Waals surface area contributed by atoms with Gasteiger partial charge in [0.2, 0.25) is 5.91 Å². The molecular weight excluding hydrogens is 268 g/mol. The highest BCUT2D eigenvalue weighted by molar-refractivity contribution is 5.77. The van der Waals surface area contributed by atoms with Crippen molar-refractivity contribution >= 4 is 5.91 Å². The molecule has 1 amide bonds. The van der Waals surface area contributed by atoms with Crippen LogP contribution in [0.4, 0.5) is 0 Å². The van der Waals surface area contributed by atoms with E-state index in [0.29, 0.717) is 13.2 Å². The molecule has 5 heteroatoms. The molecule has 1 heterocycles. The number of carbonyl (C=O) groups is 1. The van der Waals surface area contributed by atoms with Crippen LogP contribution in [0.2, 0.25) is 0 Å². The fourth-order valence-electron chi connectivity index (χ4n) is 1.98. The predicted molar refractivity (Wildman–Crippen MR) is 81.5 cm³/mol. The molecule has 5 nitrogen and oxygen atoms in total. The molecule has 21 heavy (non-hydrogen) atoms. The van der Waals surface area contributed by atoms with Crippen molar-refractivity contribution in [3.05, 3.63) is 29.8 Å². The number of hydrogen-bond donors (Lipinski definition) is 1. The number of rotatable bonds is 7. The van der Waals surface area contributed by atoms with E-state index < -0.39 is 0 Å². The van der Waals surface area contributed by atoms with Gasteiger partial charge in [-0.2, -0.15) is 0 Å². The van der Waals surface area contributed by atoms with Gasteiger partial charge in [-0.25, -0.2) is 0 Å². The van der Waals surface area contributed by atoms with Crippen molar-refractivity contribution in [3.63, 3.8) is 0 Å². The summed E-state index contributed by atoms with van der Waals surface area (Å²) in [6.45, 7) is 6.81. The van der Waals surface area contributed by atoms with E-state index in [9.17, 15) is 4.79 Å². The summed E-state index contributed by atoms with van der Waals surface area (Å²) >= 11 is 0. The summed E-state index contributed by atoms with van der Waals surface area (Å²) < 4.78 is 11.2. The number of benzene rings is 1. The van der Waals surface area contributed by atoms with E-state index in [4.69, 9.17) is 9.47 Å². The lowest BCUT2D eigenvalue weighted by molar-refractivity contribution is -0.145. The first-order valence-corrected chi connectivity index (χ1v) is 7.27. The van der Waals surface area contributed by atoms with Crippen LogP contribution in [-0.2, 0) is 9.53 Å². The Kier molecular flexibility index (Phi) is 5.20. The van der Waals surface area contributed by atoms with Crippen LogP contribution in [0, 0.1) is 6.92 Å². The Morgan fingerprint density at radius 2 is 2.00 bits per heavy atom. The van der Waals surface area contributed by atoms with E-state index in [2.05, 4.69) is 5.32 Å². The predicted octanol–water partition coefficient (Wildman–Crippen LogP) is 1.21. The fraction of sp³-hybridized carbons (Fsp3) is 0.562. The topological polar surface area (TPSA) is 50.8 Å². The molecule has 116 valence electrons. The quantitative estimate of drug-likeness (QED) is 0.821. The van der Waals surface area contributed by atoms with Gasteiger partial charge in [-0.1, -0.05) is 17.7 Å². The molecule has 1 aliphatic heterocycles. The normalized spacial score (nSPS) is 16.1. The Labute approximate surface area is 126 Å². The molecule has 1 aromatic rings. The summed E-state index contributed by atoms with van der Waals surface area (Å²) in [5.74, 6) is 0.807. The van der Waals surface area contributed by atoms with Crippen molar-refractivity contribution in [2.75, 3.05) is 39.9 Å². The van der Waals surface area contributed by atoms with Crippen molar-refractivity contribution in [2.24, 2.45) is 0 Å². The lowest BCUT2D eigenvalue weighted by atomic mass is 10.0. The van der Waals surface area contributed by atoms with Crippen LogP contribution < -0.4 is 10.1 Å². The number of aryl methyl sites for hydroxylation is 1. The molecule has 1 fully saturated rings. The molecule has 0 bridgehead atoms. The maximum atomic E-state index is 11.9. The second kappa shape index (κ2) is 6.91. The van der Waals surface area contributed by atoms with Gasteiger partial charge in [0, 0.05) is 20.1 Å². The number of carbonyl (C=O) groups excluding carboxylic acids is 1. The van der Waals surface area contributed by atoms with E-state index >= 15 is 0 Å². The van der Waals surface area contributed by atoms with E-state index in [0.717, 1.165) is 18.8 Å². The number of hydrogen-bond acceptors (Lipinski definition) is 4. The number of nitrogens with one attached hydrogen (secondary N) is 1. The third-order valence-corrected chi connectivity index (χ3v) is 3.68. The van der Waals surface area contributed by atoms with E-state index in [1.807, 2.05) is 38.1 Å². The van der Waals surface area contributed by atoms with Gasteiger partial charge in [-0.3, -0.25) is 4.79 Å². The first kappa shape index (κ1) is 15.8. The van der Waals surface area contributed by atoms with Crippen LogP contribution in [-0.4, -0.2) is 56.3 Å². The molecular formula is C16H24N2O3. The zero-order valence-electron chi connectivity index (χ0n) is 13.0. The van der Waals surface area contributed by atoms with Gasteiger partial charge >= 0.3 is 0 Å². The minimum absolute atomic E-state index is 0.0179. The monoisotopic (exact) mass is 292 g/mol. The molecule has 0 spiro atoms. The van der Waals surface area contributed by atoms with Crippen LogP contribution in [0.3, 0.4) is 0 Å². The highest BCUT2D eigenvalue weighted by atomic mass is 16.5. The summed E-state index contributed by atoms with van der Waals surface area (Å²) in [6, 6.07) is 7.88. The van der Waals surface area contributed by atoms with Crippen molar-refractivity contribution < 1.29 is 14.3 Å². The zero-order chi connectivity index (χ0) is 15.3. The molecule has 0 atom stereocenters. The Bertz CT molecular complexity index is 469. The molecule has 0 saturated carbocycles. The minimum atomic E-state index is -0.186. The molecule has 2 rings (SSSR count). The number of likely N-dealkylation sites (N-methyl/N-ethyl adjacent to an activating group) is 1. The number of amides is 1. The SMILES string of the molecule is Cc1ccc(OCCN(C)C(=O)COC2(C)CNC2)cc1. The molecule has 1 N–H and O–H groups in total. The average molecular weight is 292 g/mol. The second-order valence-corrected chi connectivity index (χ2v) is 5.82. The Balaban J connectivity index is 1.65. The third-order valence-electron chi connectivity index (χ3n) is 3.68. The first-order chi connectivity index (χ1) is 9.98. The smallest absolute Gasteiger partial charge is 0.248 e. The van der Waals surface area contributed by atoms with Gasteiger partial charge in [-0.15, -0.1) is 0 Å². The molecule has 1 saturated heterocycles. The first-order valence-electron chi connectivity index (χ1n) is 7.27. The largest absolute Gasteiger partial charge is 0.492 e. The van der Waals surface area contributed by atoms with Crippen molar-refractivity contribution in [1.29, 1.82) is 0 Å². The third kappa shape index (κ3) is 4.72. The maximum Gasteiger partial charge on any atom is 0.248 e. The fourth-order valence-corrected chi connectivity index (χ4v) is 1.98. The lowest BCUT2D eigenvalue weighted by Crippen LogP contribution is -2.59. The second-order valence-electron chi connectivity index (χ2n) is 5.82. The Morgan fingerprint density at radius 3 is 2.57 bits per heavy atom. The minimum Gasteiger partial charge on any atom is -0.492 e. The van der Waals surface area contributed by atoms with Crippen LogP contribution in [0.25, 0.3) is 0 Å². The molecule has 1 aromatic carbocycles. The van der Waals surface area contributed by atoms with Crippen LogP contribution >= 0.6 is 0 Å². The molecule has 0 aromatic heterocycles. The van der Waals surface area contributed by atoms with Gasteiger partial charge < -0.3 is 19.7 Å². The van der Waals surface area contributed by atoms with Gasteiger partial charge in [0.1, 0.15) is 19.0 Å². The summed E-state index contributed by atoms with van der Waals surface area (Å²) in [4.78, 5) is 13.6. The van der Waals surface area contributed by atoms with Gasteiger partial charge in [-0.05, 0) is 26.0 Å². The van der Waals surface area contributed by atoms with Crippen LogP contribution in [0.15, 0.2) is 24.3 Å². The highest BCUT2D eigenvalue weighted by Crippen LogP contribution is 2.15. The van der Waals surface area contributed by atoms with Gasteiger partial charge in [0.25, 0.3) is 0 Å². The number of ether oxygens (including phenoxy) is 2. The Morgan fingerprint density at radius 1 is 1.33 bits per heavy atom. The summed E-state index contributed by atoms with van der Waals surface area (Å²) in [6.07, 6.45) is 0. The summed E-state index contributed by atoms with van der Waals surface area (Å²) in [5, 5.41) is 3.14. The summed E-state index contributed by atoms with van der Waals surface area (Å²) in [7, 11) is 1.77. The number of nitrogens with zero attached hydrogens (tertiary/aromatic N) is 1. The molecule has 0 unspecified atom stereocenters. The van der Waals surface area contributed by atoms with Crippen LogP contribution in [0.1, 0.15) is 12.5 Å². The average Bonchev–Trinajstić information content (AvgIpc) is 2.44. The van der Waals surface area contributed by atoms with Crippen LogP contribution in [0.5, 0.6) is 5.75 Å². The summed E-state index contributed by atoms with van der Waals surface area (Å²) in [5.41, 5.74) is 1.01. The van der Waals surface area contributed by atoms with Crippen molar-refractivity contribution in [2.45, 2.75) is 19.4 Å². The molecule has 0 radical (unpaired) electrons. The van der Waals surface area contributed by atoms with Gasteiger partial charge in [0.05, 0.1) is 12.1 Å². The highest BCUT2D eigenvalue weighted by Gasteiger charge is 2.33. The zero-order valence-corrected chi connectivity index (χ0v) is 13.0. The van der Waals surface area contributed by atoms with Crippen molar-refractivity contribution in [3.8, 4) is 5.75 Å². The standard InChI is InChI=1S/C16H24N2O3/c1-13-4-6-14(7-5-13)20-9-8-18(3)15(19)10-21-16(2)11-17-12-16/h4-7,17H,8-12H2,1-3H3. The van der Waals surface area contributed by atoms with Crippen molar-refractivity contribution in [1.82, 2.24) is 10.2 Å². The van der Waals surface area contributed by atoms with E-state index in [1.165, 1.54) is 5.56 Å². The van der Waals surface area contributed by atoms with E-state index in [-0.39, 0.29) is 18.1 Å². The molecule has 1 aliphatic rings. The van der Waals surface area contributed by atoms with E-state index in [1.54, 1.807) is 11.9 Å². The lowest BCUT2D eigenvalue weighted by Gasteiger charge is -2.39.